The van der Waals surface area contributed by atoms with Crippen molar-refractivity contribution in [2.24, 2.45) is 10.8 Å². The third-order valence-electron chi connectivity index (χ3n) is 22.3. The van der Waals surface area contributed by atoms with Crippen LogP contribution in [0.1, 0.15) is 206 Å². The highest BCUT2D eigenvalue weighted by molar-refractivity contribution is 6.83. The molecule has 464 valence electrons. The van der Waals surface area contributed by atoms with Crippen LogP contribution in [-0.2, 0) is 26.9 Å². The highest BCUT2D eigenvalue weighted by atomic mass is 28.4. The zero-order chi connectivity index (χ0) is 60.7. The van der Waals surface area contributed by atoms with Crippen LogP contribution < -0.4 is 5.32 Å². The number of aliphatic hydroxyl groups is 5. The quantitative estimate of drug-likeness (QED) is 0.0255. The van der Waals surface area contributed by atoms with Gasteiger partial charge >= 0.3 is 0 Å². The summed E-state index contributed by atoms with van der Waals surface area (Å²) in [6, 6.07) is 1.75. The lowest BCUT2D eigenvalue weighted by Gasteiger charge is -2.63. The third kappa shape index (κ3) is 14.6. The Hall–Kier alpha value is 0.371. The number of hydrogen-bond donors (Lipinski definition) is 6. The molecule has 0 aliphatic heterocycles. The molecule has 12 nitrogen and oxygen atoms in total. The molecule has 6 N–H and O–H groups in total. The number of carbonyl (C=O) groups is 1. The van der Waals surface area contributed by atoms with Gasteiger partial charge in [-0.2, -0.15) is 0 Å². The van der Waals surface area contributed by atoms with E-state index in [2.05, 4.69) is 174 Å². The number of rotatable bonds is 39. The molecule has 0 heterocycles. The maximum atomic E-state index is 13.5. The first-order chi connectivity index (χ1) is 35.7. The average molecular weight is 1210 g/mol. The van der Waals surface area contributed by atoms with Crippen molar-refractivity contribution in [3.8, 4) is 0 Å². The Morgan fingerprint density at radius 1 is 0.526 bits per heavy atom. The molecule has 2 saturated carbocycles. The maximum absolute atomic E-state index is 13.5. The van der Waals surface area contributed by atoms with Crippen LogP contribution in [0, 0.1) is 10.8 Å². The second-order valence-electron chi connectivity index (χ2n) is 28.9. The summed E-state index contributed by atoms with van der Waals surface area (Å²) in [6.07, 6.45) is 9.62. The van der Waals surface area contributed by atoms with Crippen LogP contribution in [0.5, 0.6) is 0 Å². The van der Waals surface area contributed by atoms with E-state index >= 15 is 0 Å². The normalized spacial score (nSPS) is 22.7. The van der Waals surface area contributed by atoms with E-state index in [-0.39, 0.29) is 27.4 Å². The van der Waals surface area contributed by atoms with Crippen LogP contribution >= 0.6 is 0 Å². The molecule has 1 amide bonds. The fraction of sp³-hybridized carbons (Fsp3) is 0.983. The zero-order valence-electron chi connectivity index (χ0n) is 55.6. The highest BCUT2D eigenvalue weighted by Gasteiger charge is 2.68. The third-order valence-corrected chi connectivity index (χ3v) is 45.8. The van der Waals surface area contributed by atoms with E-state index in [4.69, 9.17) is 22.1 Å². The van der Waals surface area contributed by atoms with E-state index in [9.17, 15) is 30.3 Å². The Kier molecular flexibility index (Phi) is 26.6. The van der Waals surface area contributed by atoms with Crippen LogP contribution in [0.25, 0.3) is 0 Å². The van der Waals surface area contributed by atoms with E-state index in [0.717, 1.165) is 83.1 Å². The first kappa shape index (κ1) is 74.5. The van der Waals surface area contributed by atoms with Crippen LogP contribution in [0.4, 0.5) is 0 Å². The fourth-order valence-electron chi connectivity index (χ4n) is 17.2. The number of carbonyl (C=O) groups excluding carboxylic acids is 1. The summed E-state index contributed by atoms with van der Waals surface area (Å²) in [5.41, 5.74) is 0.102. The number of hydrogen-bond acceptors (Lipinski definition) is 11. The maximum Gasteiger partial charge on any atom is 0.251 e. The predicted molar refractivity (Wildman–Crippen MR) is 342 cm³/mol. The van der Waals surface area contributed by atoms with Crippen LogP contribution in [0.2, 0.25) is 95.7 Å². The largest absolute Gasteiger partial charge is 0.414 e. The van der Waals surface area contributed by atoms with E-state index in [0.29, 0.717) is 17.9 Å². The summed E-state index contributed by atoms with van der Waals surface area (Å²) in [5.74, 6) is -0.860. The van der Waals surface area contributed by atoms with Gasteiger partial charge in [0.2, 0.25) is 25.0 Å². The van der Waals surface area contributed by atoms with Gasteiger partial charge in [-0.25, -0.2) is 0 Å². The number of fused-ring (bicyclic) bond motifs is 2. The SMILES string of the molecule is CCC(CC)(O[Si](C)(CCCNC(=O)C(O)C(O)C(O)C(O)CO)C(CC)(CC)O[Si](C)(C)C(CC)(CC)O[Si](C)(CC12CCC(C)(CC1)C2)C(CC)(CC)O[Si](C)(C)C)C(CC)(CC)[Si](C)(C)OC(CC)(CC)[Si](C)(C)C. The van der Waals surface area contributed by atoms with E-state index in [1.54, 1.807) is 0 Å². The Morgan fingerprint density at radius 2 is 0.962 bits per heavy atom. The van der Waals surface area contributed by atoms with Crippen LogP contribution in [0.3, 0.4) is 0 Å². The minimum absolute atomic E-state index is 0.180. The van der Waals surface area contributed by atoms with Gasteiger partial charge in [0, 0.05) is 16.8 Å². The van der Waals surface area contributed by atoms with Crippen molar-refractivity contribution in [2.75, 3.05) is 13.2 Å². The van der Waals surface area contributed by atoms with Gasteiger partial charge in [0.1, 0.15) is 18.3 Å². The minimum atomic E-state index is -3.24. The molecular formula is C60H129NO11Si6. The molecule has 2 aliphatic carbocycles. The number of aliphatic hydroxyl groups excluding tert-OH is 5. The molecular weight excluding hydrogens is 1080 g/mol. The Morgan fingerprint density at radius 3 is 1.32 bits per heavy atom. The monoisotopic (exact) mass is 1210 g/mol. The summed E-state index contributed by atoms with van der Waals surface area (Å²) in [4.78, 5) is 13.5. The fourth-order valence-corrected chi connectivity index (χ4v) is 45.4. The van der Waals surface area contributed by atoms with E-state index in [1.165, 1.54) is 32.1 Å². The van der Waals surface area contributed by atoms with Crippen molar-refractivity contribution in [3.05, 3.63) is 0 Å². The van der Waals surface area contributed by atoms with Crippen molar-refractivity contribution in [2.45, 2.75) is 352 Å². The number of nitrogens with one attached hydrogen (secondary N) is 1. The van der Waals surface area contributed by atoms with Crippen LogP contribution in [-0.4, -0.2) is 145 Å². The molecule has 2 bridgehead atoms. The predicted octanol–water partition coefficient (Wildman–Crippen LogP) is 14.2. The Labute approximate surface area is 486 Å². The van der Waals surface area contributed by atoms with Crippen molar-refractivity contribution in [1.82, 2.24) is 5.32 Å². The van der Waals surface area contributed by atoms with Crippen molar-refractivity contribution < 1.29 is 52.5 Å². The summed E-state index contributed by atoms with van der Waals surface area (Å²) in [6.45, 7) is 59.3. The molecule has 78 heavy (non-hydrogen) atoms. The van der Waals surface area contributed by atoms with Gasteiger partial charge in [-0.3, -0.25) is 4.79 Å². The minimum Gasteiger partial charge on any atom is -0.414 e. The number of amides is 1. The van der Waals surface area contributed by atoms with Gasteiger partial charge in [-0.15, -0.1) is 0 Å². The molecule has 6 atom stereocenters. The molecule has 0 aromatic heterocycles. The summed E-state index contributed by atoms with van der Waals surface area (Å²) in [5, 5.41) is 52.2. The Bertz CT molecular complexity index is 1830. The molecule has 2 rings (SSSR count). The van der Waals surface area contributed by atoms with E-state index in [1.807, 2.05) is 0 Å². The molecule has 0 spiro atoms. The highest BCUT2D eigenvalue weighted by Crippen LogP contribution is 2.66. The summed E-state index contributed by atoms with van der Waals surface area (Å²) >= 11 is 0. The lowest BCUT2D eigenvalue weighted by atomic mass is 9.78. The molecule has 2 aliphatic rings. The second-order valence-corrected chi connectivity index (χ2v) is 55.1. The van der Waals surface area contributed by atoms with Gasteiger partial charge < -0.3 is 53.0 Å². The molecule has 0 saturated heterocycles. The average Bonchev–Trinajstić information content (AvgIpc) is 3.89. The molecule has 18 heteroatoms. The van der Waals surface area contributed by atoms with Crippen molar-refractivity contribution in [3.63, 3.8) is 0 Å². The molecule has 0 aromatic carbocycles. The lowest BCUT2D eigenvalue weighted by Crippen LogP contribution is -2.74. The first-order valence-corrected chi connectivity index (χ1v) is 49.8. The van der Waals surface area contributed by atoms with Gasteiger partial charge in [-0.1, -0.05) is 110 Å². The first-order valence-electron chi connectivity index (χ1n) is 31.8. The lowest BCUT2D eigenvalue weighted by molar-refractivity contribution is -0.148. The van der Waals surface area contributed by atoms with Gasteiger partial charge in [0.25, 0.3) is 5.91 Å². The summed E-state index contributed by atoms with van der Waals surface area (Å²) < 4.78 is 41.3. The second kappa shape index (κ2) is 27.8. The zero-order valence-corrected chi connectivity index (χ0v) is 61.6. The molecule has 0 radical (unpaired) electrons. The smallest absolute Gasteiger partial charge is 0.251 e. The molecule has 2 fully saturated rings. The Balaban J connectivity index is 3.09. The topological polar surface area (TPSA) is 176 Å². The standard InChI is InChI=1S/C60H129NO11Si6/c1-26-55(27-2,56(28-3,29-4)75(20,21)70-57(30-5,31-6)73(14,15)16)68-77(24,44-38-43-61-52(67)51(66)50(65)49(64)48(63)45-62)60(36-11,37-12)71-76(22,23)58(32-7,33-8)72-78(25,59(34-9,35-10)69-74(17,18)19)47-54-41-39-53(13,46-54)40-42-54/h48-51,62-66H,26-47H2,1-25H3,(H,61,67). The molecule has 6 unspecified atom stereocenters. The van der Waals surface area contributed by atoms with Gasteiger partial charge in [0.05, 0.1) is 36.0 Å². The van der Waals surface area contributed by atoms with Crippen molar-refractivity contribution >= 4 is 55.6 Å². The molecule has 0 aromatic rings. The van der Waals surface area contributed by atoms with E-state index < -0.39 is 103 Å². The van der Waals surface area contributed by atoms with Gasteiger partial charge in [0.15, 0.2) is 22.7 Å². The summed E-state index contributed by atoms with van der Waals surface area (Å²) in [7, 11) is -15.7. The van der Waals surface area contributed by atoms with Crippen LogP contribution in [0.15, 0.2) is 0 Å². The van der Waals surface area contributed by atoms with Crippen molar-refractivity contribution in [1.29, 1.82) is 0 Å². The van der Waals surface area contributed by atoms with Gasteiger partial charge in [-0.05, 0) is 197 Å².